The molecule has 3 heteroatoms. The Morgan fingerprint density at radius 2 is 2.50 bits per heavy atom. The Morgan fingerprint density at radius 1 is 2.00 bits per heavy atom. The summed E-state index contributed by atoms with van der Waals surface area (Å²) < 4.78 is 0. The second-order valence-corrected chi connectivity index (χ2v) is 0.675. The first-order valence-corrected chi connectivity index (χ1v) is 1.45. The van der Waals surface area contributed by atoms with Crippen molar-refractivity contribution in [2.75, 3.05) is 0 Å². The summed E-state index contributed by atoms with van der Waals surface area (Å²) in [6.45, 7) is 1.54. The Balaban J connectivity index is 3.30. The first-order valence-electron chi connectivity index (χ1n) is 1.45. The standard InChI is InChI=1S/C3H4NO2/c1-2-3-4(5)6/h2H,1H3. The minimum absolute atomic E-state index is 0.625. The molecule has 0 heterocycles. The van der Waals surface area contributed by atoms with E-state index in [1.807, 2.05) is 0 Å². The molecular weight excluding hydrogens is 82.0 g/mol. The van der Waals surface area contributed by atoms with E-state index in [2.05, 4.69) is 0 Å². The monoisotopic (exact) mass is 86.0 g/mol. The van der Waals surface area contributed by atoms with Crippen LogP contribution in [0.3, 0.4) is 0 Å². The van der Waals surface area contributed by atoms with Gasteiger partial charge >= 0.3 is 6.20 Å². The van der Waals surface area contributed by atoms with Crippen LogP contribution in [0.2, 0.25) is 0 Å². The van der Waals surface area contributed by atoms with E-state index in [9.17, 15) is 10.1 Å². The molecule has 0 unspecified atom stereocenters. The van der Waals surface area contributed by atoms with Crippen LogP contribution in [0.4, 0.5) is 0 Å². The SMILES string of the molecule is C/C=[C]/[N+](=O)[O-]. The van der Waals surface area contributed by atoms with Gasteiger partial charge < -0.3 is 0 Å². The molecule has 0 saturated heterocycles. The summed E-state index contributed by atoms with van der Waals surface area (Å²) in [5, 5.41) is 9.26. The number of nitro groups is 1. The van der Waals surface area contributed by atoms with Gasteiger partial charge in [0.2, 0.25) is 0 Å². The topological polar surface area (TPSA) is 43.1 Å². The molecule has 33 valence electrons. The van der Waals surface area contributed by atoms with Gasteiger partial charge in [0.1, 0.15) is 0 Å². The lowest BCUT2D eigenvalue weighted by Gasteiger charge is -1.66. The van der Waals surface area contributed by atoms with Crippen LogP contribution in [0, 0.1) is 16.3 Å². The average molecular weight is 86.1 g/mol. The quantitative estimate of drug-likeness (QED) is 0.266. The number of hydrogen-bond acceptors (Lipinski definition) is 2. The summed E-state index contributed by atoms with van der Waals surface area (Å²) in [6.07, 6.45) is 3.06. The zero-order valence-electron chi connectivity index (χ0n) is 3.34. The highest BCUT2D eigenvalue weighted by Crippen LogP contribution is 1.65. The summed E-state index contributed by atoms with van der Waals surface area (Å²) in [6, 6.07) is 0. The van der Waals surface area contributed by atoms with Crippen LogP contribution in [-0.4, -0.2) is 4.92 Å². The third-order valence-corrected chi connectivity index (χ3v) is 0.235. The maximum Gasteiger partial charge on any atom is 0.341 e. The second kappa shape index (κ2) is 2.38. The zero-order chi connectivity index (χ0) is 4.99. The molecule has 0 aliphatic rings. The molecule has 0 aliphatic carbocycles. The van der Waals surface area contributed by atoms with Gasteiger partial charge in [-0.2, -0.15) is 0 Å². The summed E-state index contributed by atoms with van der Waals surface area (Å²) in [5.74, 6) is 0. The van der Waals surface area contributed by atoms with Crippen molar-refractivity contribution < 1.29 is 4.92 Å². The lowest BCUT2D eigenvalue weighted by atomic mass is 10.7. The van der Waals surface area contributed by atoms with Crippen LogP contribution in [0.25, 0.3) is 0 Å². The van der Waals surface area contributed by atoms with Crippen molar-refractivity contribution in [3.05, 3.63) is 22.4 Å². The van der Waals surface area contributed by atoms with Gasteiger partial charge in [0.15, 0.2) is 0 Å². The van der Waals surface area contributed by atoms with Crippen LogP contribution in [0.1, 0.15) is 6.92 Å². The summed E-state index contributed by atoms with van der Waals surface area (Å²) in [5.41, 5.74) is 0. The summed E-state index contributed by atoms with van der Waals surface area (Å²) in [4.78, 5) is 8.64. The Bertz CT molecular complexity index is 76.9. The normalized spacial score (nSPS) is 9.50. The number of rotatable bonds is 1. The molecule has 0 bridgehead atoms. The molecular formula is C3H4NO2. The Labute approximate surface area is 35.4 Å². The van der Waals surface area contributed by atoms with Gasteiger partial charge in [-0.15, -0.1) is 0 Å². The molecule has 0 aromatic heterocycles. The first-order chi connectivity index (χ1) is 2.77. The van der Waals surface area contributed by atoms with E-state index < -0.39 is 4.92 Å². The molecule has 3 nitrogen and oxygen atoms in total. The van der Waals surface area contributed by atoms with Crippen LogP contribution in [-0.2, 0) is 0 Å². The maximum atomic E-state index is 9.26. The highest BCUT2D eigenvalue weighted by molar-refractivity contribution is 4.53. The van der Waals surface area contributed by atoms with E-state index >= 15 is 0 Å². The van der Waals surface area contributed by atoms with Gasteiger partial charge in [-0.25, -0.2) is 0 Å². The molecule has 0 aromatic carbocycles. The van der Waals surface area contributed by atoms with E-state index in [-0.39, 0.29) is 0 Å². The van der Waals surface area contributed by atoms with Crippen molar-refractivity contribution in [2.45, 2.75) is 6.92 Å². The molecule has 6 heavy (non-hydrogen) atoms. The fourth-order valence-corrected chi connectivity index (χ4v) is 0.105. The second-order valence-electron chi connectivity index (χ2n) is 0.675. The highest BCUT2D eigenvalue weighted by Gasteiger charge is 1.78. The molecule has 0 N–H and O–H groups in total. The van der Waals surface area contributed by atoms with Crippen molar-refractivity contribution in [3.8, 4) is 0 Å². The van der Waals surface area contributed by atoms with Gasteiger partial charge in [-0.05, 0) is 13.0 Å². The molecule has 0 atom stereocenters. The molecule has 0 aromatic rings. The fraction of sp³-hybridized carbons (Fsp3) is 0.333. The molecule has 0 fully saturated rings. The predicted molar refractivity (Wildman–Crippen MR) is 20.5 cm³/mol. The summed E-state index contributed by atoms with van der Waals surface area (Å²) in [7, 11) is 0. The lowest BCUT2D eigenvalue weighted by Crippen LogP contribution is -1.80. The molecule has 1 radical (unpaired) electrons. The van der Waals surface area contributed by atoms with Gasteiger partial charge in [0.25, 0.3) is 0 Å². The van der Waals surface area contributed by atoms with Crippen LogP contribution in [0.15, 0.2) is 6.08 Å². The van der Waals surface area contributed by atoms with Crippen LogP contribution < -0.4 is 0 Å². The van der Waals surface area contributed by atoms with Crippen molar-refractivity contribution in [3.63, 3.8) is 0 Å². The number of hydrogen-bond donors (Lipinski definition) is 0. The van der Waals surface area contributed by atoms with Crippen LogP contribution in [0.5, 0.6) is 0 Å². The van der Waals surface area contributed by atoms with Gasteiger partial charge in [0, 0.05) is 0 Å². The molecule has 0 aliphatic heterocycles. The van der Waals surface area contributed by atoms with E-state index in [0.717, 1.165) is 0 Å². The maximum absolute atomic E-state index is 9.26. The largest absolute Gasteiger partial charge is 0.341 e. The molecule has 0 saturated carbocycles. The smallest absolute Gasteiger partial charge is 0.258 e. The minimum Gasteiger partial charge on any atom is -0.258 e. The predicted octanol–water partition coefficient (Wildman–Crippen LogP) is 0.600. The number of allylic oxidation sites excluding steroid dienone is 1. The Kier molecular flexibility index (Phi) is 2.04. The fourth-order valence-electron chi connectivity index (χ4n) is 0.105. The van der Waals surface area contributed by atoms with Gasteiger partial charge in [0.05, 0.1) is 4.92 Å². The van der Waals surface area contributed by atoms with Crippen molar-refractivity contribution in [2.24, 2.45) is 0 Å². The number of nitrogens with zero attached hydrogens (tertiary/aromatic N) is 1. The summed E-state index contributed by atoms with van der Waals surface area (Å²) >= 11 is 0. The Hall–Kier alpha value is -0.860. The molecule has 0 spiro atoms. The van der Waals surface area contributed by atoms with Gasteiger partial charge in [-0.1, -0.05) is 0 Å². The van der Waals surface area contributed by atoms with Crippen molar-refractivity contribution in [1.82, 2.24) is 0 Å². The third kappa shape index (κ3) is 3.14. The van der Waals surface area contributed by atoms with E-state index in [1.54, 1.807) is 13.1 Å². The zero-order valence-corrected chi connectivity index (χ0v) is 3.34. The molecule has 0 rings (SSSR count). The van der Waals surface area contributed by atoms with E-state index in [0.29, 0.717) is 0 Å². The van der Waals surface area contributed by atoms with Crippen molar-refractivity contribution in [1.29, 1.82) is 0 Å². The Morgan fingerprint density at radius 3 is 2.50 bits per heavy atom. The van der Waals surface area contributed by atoms with Crippen molar-refractivity contribution >= 4 is 0 Å². The average Bonchev–Trinajstić information content (AvgIpc) is 1.35. The first kappa shape index (κ1) is 5.14. The minimum atomic E-state index is -0.625. The lowest BCUT2D eigenvalue weighted by molar-refractivity contribution is -0.419. The van der Waals surface area contributed by atoms with Gasteiger partial charge in [-0.3, -0.25) is 10.1 Å². The van der Waals surface area contributed by atoms with E-state index in [1.165, 1.54) is 6.08 Å². The third-order valence-electron chi connectivity index (χ3n) is 0.235. The van der Waals surface area contributed by atoms with E-state index in [4.69, 9.17) is 0 Å². The van der Waals surface area contributed by atoms with Crippen LogP contribution >= 0.6 is 0 Å². The molecule has 0 amide bonds. The highest BCUT2D eigenvalue weighted by atomic mass is 16.6.